The maximum atomic E-state index is 3.57. The zero-order valence-electron chi connectivity index (χ0n) is 26.4. The molecule has 0 radical (unpaired) electrons. The van der Waals surface area contributed by atoms with Gasteiger partial charge in [0.15, 0.2) is 0 Å². The largest absolute Gasteiger partial charge is 0.380 e. The summed E-state index contributed by atoms with van der Waals surface area (Å²) in [6.45, 7) is 13.9. The number of rotatable bonds is 4. The standard InChI is InChI=1S/C21H23N.C17H17N.C2H6/c1-15(2)18-11-7-8-12-19(18)21-13-16(3)20(14-22-21)17-9-5-4-6-10-17;1-13-7-3-5-9-15(13)17-16-10-6-4-8-14(16)11-12-18(17)2;1-2/h4-15,21-22H,1-3H3;3-11H,12H2,1-2H3;1-2H3. The number of fused-ring (bicyclic) bond motifs is 1. The Morgan fingerprint density at radius 2 is 1.40 bits per heavy atom. The average molecular weight is 555 g/mol. The summed E-state index contributed by atoms with van der Waals surface area (Å²) < 4.78 is 0. The molecule has 4 aromatic carbocycles. The molecular formula is C40H46N2. The maximum Gasteiger partial charge on any atom is 0.0701 e. The van der Waals surface area contributed by atoms with Gasteiger partial charge in [-0.2, -0.15) is 0 Å². The van der Waals surface area contributed by atoms with Crippen molar-refractivity contribution in [2.24, 2.45) is 0 Å². The van der Waals surface area contributed by atoms with Gasteiger partial charge in [-0.15, -0.1) is 0 Å². The van der Waals surface area contributed by atoms with Gasteiger partial charge in [-0.25, -0.2) is 0 Å². The van der Waals surface area contributed by atoms with Gasteiger partial charge in [0.1, 0.15) is 0 Å². The molecule has 1 atom stereocenters. The van der Waals surface area contributed by atoms with E-state index in [1.165, 1.54) is 55.1 Å². The van der Waals surface area contributed by atoms with Crippen LogP contribution in [0.3, 0.4) is 0 Å². The predicted octanol–water partition coefficient (Wildman–Crippen LogP) is 8.35. The summed E-state index contributed by atoms with van der Waals surface area (Å²) in [6.07, 6.45) is 6.78. The molecule has 0 amide bonds. The molecule has 2 nitrogen and oxygen atoms in total. The van der Waals surface area contributed by atoms with Gasteiger partial charge in [-0.1, -0.05) is 143 Å². The van der Waals surface area contributed by atoms with E-state index in [9.17, 15) is 0 Å². The first kappa shape index (κ1) is 30.7. The van der Waals surface area contributed by atoms with Gasteiger partial charge in [0.05, 0.1) is 11.7 Å². The lowest BCUT2D eigenvalue weighted by atomic mass is 9.88. The molecule has 0 aromatic heterocycles. The Morgan fingerprint density at radius 3 is 2.12 bits per heavy atom. The number of nitrogens with one attached hydrogen (secondary N) is 1. The van der Waals surface area contributed by atoms with Gasteiger partial charge in [0.25, 0.3) is 0 Å². The van der Waals surface area contributed by atoms with Crippen molar-refractivity contribution in [3.8, 4) is 0 Å². The van der Waals surface area contributed by atoms with E-state index in [0.29, 0.717) is 5.92 Å². The first-order valence-electron chi connectivity index (χ1n) is 15.3. The van der Waals surface area contributed by atoms with Crippen molar-refractivity contribution in [1.29, 1.82) is 0 Å². The molecule has 2 heteroatoms. The molecule has 0 aliphatic carbocycles. The zero-order chi connectivity index (χ0) is 30.1. The van der Waals surface area contributed by atoms with Crippen molar-refractivity contribution >= 4 is 17.3 Å². The van der Waals surface area contributed by atoms with E-state index in [4.69, 9.17) is 0 Å². The molecule has 0 saturated heterocycles. The van der Waals surface area contributed by atoms with Crippen LogP contribution >= 0.6 is 0 Å². The van der Waals surface area contributed by atoms with Crippen LogP contribution in [0.2, 0.25) is 0 Å². The maximum absolute atomic E-state index is 3.57. The lowest BCUT2D eigenvalue weighted by molar-refractivity contribution is 0.540. The lowest BCUT2D eigenvalue weighted by Gasteiger charge is -2.26. The Balaban J connectivity index is 0.000000185. The summed E-state index contributed by atoms with van der Waals surface area (Å²) in [7, 11) is 2.16. The molecule has 2 heterocycles. The van der Waals surface area contributed by atoms with E-state index >= 15 is 0 Å². The minimum Gasteiger partial charge on any atom is -0.380 e. The smallest absolute Gasteiger partial charge is 0.0701 e. The number of nitrogens with zero attached hydrogens (tertiary/aromatic N) is 1. The molecule has 1 unspecified atom stereocenters. The number of hydrogen-bond acceptors (Lipinski definition) is 2. The Kier molecular flexibility index (Phi) is 10.6. The van der Waals surface area contributed by atoms with Crippen LogP contribution in [0.5, 0.6) is 0 Å². The Morgan fingerprint density at radius 1 is 0.762 bits per heavy atom. The van der Waals surface area contributed by atoms with Crippen LogP contribution in [-0.4, -0.2) is 18.5 Å². The second-order valence-corrected chi connectivity index (χ2v) is 11.0. The second kappa shape index (κ2) is 14.5. The van der Waals surface area contributed by atoms with Crippen LogP contribution in [0, 0.1) is 6.92 Å². The quantitative estimate of drug-likeness (QED) is 0.273. The summed E-state index contributed by atoms with van der Waals surface area (Å²) in [4.78, 5) is 2.32. The van der Waals surface area contributed by atoms with E-state index in [-0.39, 0.29) is 6.04 Å². The summed E-state index contributed by atoms with van der Waals surface area (Å²) >= 11 is 0. The Labute approximate surface area is 253 Å². The number of hydrogen-bond donors (Lipinski definition) is 1. The van der Waals surface area contributed by atoms with Crippen LogP contribution in [-0.2, 0) is 0 Å². The predicted molar refractivity (Wildman–Crippen MR) is 182 cm³/mol. The van der Waals surface area contributed by atoms with Gasteiger partial charge < -0.3 is 10.2 Å². The fourth-order valence-electron chi connectivity index (χ4n) is 5.72. The first-order chi connectivity index (χ1) is 20.4. The van der Waals surface area contributed by atoms with Gasteiger partial charge in [0, 0.05) is 36.1 Å². The third-order valence-electron chi connectivity index (χ3n) is 7.87. The fraction of sp³-hybridized carbons (Fsp3) is 0.250. The number of benzene rings is 4. The van der Waals surface area contributed by atoms with E-state index in [1.54, 1.807) is 0 Å². The minimum absolute atomic E-state index is 0.256. The zero-order valence-corrected chi connectivity index (χ0v) is 26.4. The molecule has 216 valence electrons. The molecular weight excluding hydrogens is 508 g/mol. The highest BCUT2D eigenvalue weighted by molar-refractivity contribution is 5.79. The lowest BCUT2D eigenvalue weighted by Crippen LogP contribution is -2.38. The highest BCUT2D eigenvalue weighted by Crippen LogP contribution is 2.32. The summed E-state index contributed by atoms with van der Waals surface area (Å²) in [5.41, 5.74) is 10.7. The molecule has 2 aliphatic rings. The van der Waals surface area contributed by atoms with Crippen molar-refractivity contribution in [2.75, 3.05) is 13.6 Å². The first-order valence-corrected chi connectivity index (χ1v) is 15.3. The van der Waals surface area contributed by atoms with E-state index in [2.05, 4.69) is 166 Å². The minimum atomic E-state index is 0.256. The van der Waals surface area contributed by atoms with E-state index < -0.39 is 0 Å². The highest BCUT2D eigenvalue weighted by atomic mass is 15.1. The molecule has 42 heavy (non-hydrogen) atoms. The number of aryl methyl sites for hydroxylation is 1. The van der Waals surface area contributed by atoms with Crippen LogP contribution in [0.15, 0.2) is 121 Å². The summed E-state index contributed by atoms with van der Waals surface area (Å²) in [6, 6.07) is 36.8. The van der Waals surface area contributed by atoms with Crippen molar-refractivity contribution in [2.45, 2.75) is 53.5 Å². The van der Waals surface area contributed by atoms with E-state index in [1.807, 2.05) is 13.8 Å². The second-order valence-electron chi connectivity index (χ2n) is 11.0. The summed E-state index contributed by atoms with van der Waals surface area (Å²) in [5.74, 6) is 0.534. The van der Waals surface area contributed by atoms with Gasteiger partial charge in [0.2, 0.25) is 0 Å². The van der Waals surface area contributed by atoms with Gasteiger partial charge in [-0.05, 0) is 52.8 Å². The molecule has 0 saturated carbocycles. The van der Waals surface area contributed by atoms with Crippen molar-refractivity contribution in [1.82, 2.24) is 10.2 Å². The van der Waals surface area contributed by atoms with Crippen LogP contribution < -0.4 is 15.8 Å². The van der Waals surface area contributed by atoms with Crippen LogP contribution in [0.25, 0.3) is 17.3 Å². The number of dihydropyridines is 1. The van der Waals surface area contributed by atoms with Crippen molar-refractivity contribution in [3.63, 3.8) is 0 Å². The Bertz CT molecular complexity index is 1660. The van der Waals surface area contributed by atoms with Crippen molar-refractivity contribution < 1.29 is 0 Å². The highest BCUT2D eigenvalue weighted by Gasteiger charge is 2.18. The SMILES string of the molecule is CC.CC1=CC(c2ccccc2C(C)C)NC=C1c1ccccc1.Cc1ccccc1C1=c2ccccc2=CCN1C. The molecule has 6 rings (SSSR count). The molecule has 0 spiro atoms. The summed E-state index contributed by atoms with van der Waals surface area (Å²) in [5, 5.41) is 6.25. The number of allylic oxidation sites excluding steroid dienone is 2. The van der Waals surface area contributed by atoms with E-state index in [0.717, 1.165) is 6.54 Å². The molecule has 0 fully saturated rings. The third-order valence-corrected chi connectivity index (χ3v) is 7.87. The normalized spacial score (nSPS) is 15.5. The van der Waals surface area contributed by atoms with Crippen LogP contribution in [0.4, 0.5) is 0 Å². The van der Waals surface area contributed by atoms with Crippen molar-refractivity contribution in [3.05, 3.63) is 159 Å². The molecule has 4 aromatic rings. The molecule has 0 bridgehead atoms. The molecule has 2 aliphatic heterocycles. The fourth-order valence-corrected chi connectivity index (χ4v) is 5.72. The van der Waals surface area contributed by atoms with Gasteiger partial charge >= 0.3 is 0 Å². The van der Waals surface area contributed by atoms with Gasteiger partial charge in [-0.3, -0.25) is 0 Å². The monoisotopic (exact) mass is 554 g/mol. The van der Waals surface area contributed by atoms with Crippen LogP contribution in [0.1, 0.15) is 74.4 Å². The Hall–Kier alpha value is -4.30. The topological polar surface area (TPSA) is 15.3 Å². The third kappa shape index (κ3) is 6.94. The average Bonchev–Trinajstić information content (AvgIpc) is 3.03. The molecule has 1 N–H and O–H groups in total.